The predicted molar refractivity (Wildman–Crippen MR) is 85.3 cm³/mol. The lowest BCUT2D eigenvalue weighted by Crippen LogP contribution is -2.45. The zero-order chi connectivity index (χ0) is 16.1. The highest BCUT2D eigenvalue weighted by Crippen LogP contribution is 2.28. The second-order valence-electron chi connectivity index (χ2n) is 4.79. The van der Waals surface area contributed by atoms with E-state index in [4.69, 9.17) is 21.7 Å². The molecule has 0 radical (unpaired) electrons. The van der Waals surface area contributed by atoms with Gasteiger partial charge in [-0.1, -0.05) is 12.1 Å². The Morgan fingerprint density at radius 2 is 2.00 bits per heavy atom. The number of carbonyl (C=O) groups excluding carboxylic acids is 1. The van der Waals surface area contributed by atoms with Crippen molar-refractivity contribution in [2.75, 3.05) is 20.3 Å². The van der Waals surface area contributed by atoms with Gasteiger partial charge in [0.05, 0.1) is 18.2 Å². The van der Waals surface area contributed by atoms with Gasteiger partial charge in [0, 0.05) is 12.8 Å². The van der Waals surface area contributed by atoms with E-state index in [1.54, 1.807) is 38.3 Å². The van der Waals surface area contributed by atoms with Crippen LogP contribution in [0.5, 0.6) is 5.75 Å². The van der Waals surface area contributed by atoms with E-state index in [0.717, 1.165) is 5.56 Å². The third kappa shape index (κ3) is 3.75. The normalized spacial score (nSPS) is 17.7. The van der Waals surface area contributed by atoms with Crippen molar-refractivity contribution in [3.8, 4) is 5.75 Å². The van der Waals surface area contributed by atoms with Crippen molar-refractivity contribution in [2.45, 2.75) is 13.0 Å². The Kier molecular flexibility index (Phi) is 5.35. The number of rotatable bonds is 5. The molecule has 0 saturated carbocycles. The first kappa shape index (κ1) is 16.3. The molecule has 1 heterocycles. The Morgan fingerprint density at radius 3 is 2.64 bits per heavy atom. The van der Waals surface area contributed by atoms with E-state index in [2.05, 4.69) is 10.6 Å². The van der Waals surface area contributed by atoms with Crippen molar-refractivity contribution in [1.29, 1.82) is 0 Å². The Hall–Kier alpha value is -2.12. The van der Waals surface area contributed by atoms with Gasteiger partial charge in [0.2, 0.25) is 0 Å². The average molecular weight is 322 g/mol. The van der Waals surface area contributed by atoms with E-state index < -0.39 is 12.0 Å². The van der Waals surface area contributed by atoms with E-state index in [0.29, 0.717) is 23.0 Å². The van der Waals surface area contributed by atoms with Crippen LogP contribution in [0.4, 0.5) is 0 Å². The summed E-state index contributed by atoms with van der Waals surface area (Å²) < 4.78 is 10.1. The molecule has 0 saturated heterocycles. The van der Waals surface area contributed by atoms with Crippen LogP contribution >= 0.6 is 12.2 Å². The molecule has 0 amide bonds. The smallest absolute Gasteiger partial charge is 0.338 e. The molecule has 1 aromatic carbocycles. The van der Waals surface area contributed by atoms with E-state index >= 15 is 0 Å². The fraction of sp³-hybridized carbons (Fsp3) is 0.333. The molecule has 0 aromatic heterocycles. The first-order valence-corrected chi connectivity index (χ1v) is 7.17. The topological polar surface area (TPSA) is 79.8 Å². The summed E-state index contributed by atoms with van der Waals surface area (Å²) in [6.07, 6.45) is 0. The highest BCUT2D eigenvalue weighted by atomic mass is 32.1. The molecule has 1 aliphatic rings. The quantitative estimate of drug-likeness (QED) is 0.429. The molecule has 0 unspecified atom stereocenters. The highest BCUT2D eigenvalue weighted by Gasteiger charge is 2.30. The number of phenols is 1. The molecule has 0 fully saturated rings. The molecule has 1 aromatic rings. The van der Waals surface area contributed by atoms with Crippen molar-refractivity contribution in [3.63, 3.8) is 0 Å². The summed E-state index contributed by atoms with van der Waals surface area (Å²) in [5, 5.41) is 15.8. The van der Waals surface area contributed by atoms with E-state index in [1.807, 2.05) is 0 Å². The molecule has 1 aliphatic heterocycles. The fourth-order valence-electron chi connectivity index (χ4n) is 2.18. The summed E-state index contributed by atoms with van der Waals surface area (Å²) in [6.45, 7) is 2.29. The number of allylic oxidation sites excluding steroid dienone is 1. The lowest BCUT2D eigenvalue weighted by molar-refractivity contribution is -0.140. The van der Waals surface area contributed by atoms with Crippen molar-refractivity contribution < 1.29 is 19.4 Å². The maximum absolute atomic E-state index is 12.3. The standard InChI is InChI=1S/C15H18N2O4S/c1-9-12(14(19)21-8-7-20-2)13(17-15(22)16-9)10-3-5-11(18)6-4-10/h3-6,13,18H,7-8H2,1-2H3,(H2,16,17,22)/t13-/m1/s1. The van der Waals surface area contributed by atoms with Crippen molar-refractivity contribution in [1.82, 2.24) is 10.6 Å². The average Bonchev–Trinajstić information content (AvgIpc) is 2.47. The number of nitrogens with one attached hydrogen (secondary N) is 2. The molecule has 118 valence electrons. The lowest BCUT2D eigenvalue weighted by atomic mass is 9.95. The number of phenolic OH excluding ortho intramolecular Hbond substituents is 1. The first-order chi connectivity index (χ1) is 10.5. The molecule has 6 nitrogen and oxygen atoms in total. The molecule has 7 heteroatoms. The molecular weight excluding hydrogens is 304 g/mol. The van der Waals surface area contributed by atoms with Gasteiger partial charge in [-0.05, 0) is 36.8 Å². The van der Waals surface area contributed by atoms with Crippen LogP contribution in [0.15, 0.2) is 35.5 Å². The number of methoxy groups -OCH3 is 1. The Labute approximate surface area is 134 Å². The van der Waals surface area contributed by atoms with Crippen LogP contribution in [0.2, 0.25) is 0 Å². The molecular formula is C15H18N2O4S. The van der Waals surface area contributed by atoms with E-state index in [-0.39, 0.29) is 12.4 Å². The zero-order valence-corrected chi connectivity index (χ0v) is 13.2. The van der Waals surface area contributed by atoms with Gasteiger partial charge in [0.15, 0.2) is 5.11 Å². The third-order valence-electron chi connectivity index (χ3n) is 3.24. The van der Waals surface area contributed by atoms with Crippen LogP contribution in [0.3, 0.4) is 0 Å². The van der Waals surface area contributed by atoms with Crippen LogP contribution < -0.4 is 10.6 Å². The number of thiocarbonyl (C=S) groups is 1. The Morgan fingerprint density at radius 1 is 1.32 bits per heavy atom. The van der Waals surface area contributed by atoms with Crippen molar-refractivity contribution in [3.05, 3.63) is 41.1 Å². The van der Waals surface area contributed by atoms with Gasteiger partial charge in [-0.15, -0.1) is 0 Å². The monoisotopic (exact) mass is 322 g/mol. The molecule has 2 rings (SSSR count). The number of esters is 1. The van der Waals surface area contributed by atoms with Gasteiger partial charge >= 0.3 is 5.97 Å². The van der Waals surface area contributed by atoms with Crippen LogP contribution in [0.25, 0.3) is 0 Å². The van der Waals surface area contributed by atoms with E-state index in [9.17, 15) is 9.90 Å². The minimum Gasteiger partial charge on any atom is -0.508 e. The maximum Gasteiger partial charge on any atom is 0.338 e. The summed E-state index contributed by atoms with van der Waals surface area (Å²) in [6, 6.07) is 6.16. The van der Waals surface area contributed by atoms with Crippen LogP contribution in [-0.4, -0.2) is 36.5 Å². The van der Waals surface area contributed by atoms with Crippen LogP contribution in [-0.2, 0) is 14.3 Å². The van der Waals surface area contributed by atoms with Crippen LogP contribution in [0, 0.1) is 0 Å². The zero-order valence-electron chi connectivity index (χ0n) is 12.4. The summed E-state index contributed by atoms with van der Waals surface area (Å²) in [4.78, 5) is 12.3. The number of carbonyl (C=O) groups is 1. The molecule has 22 heavy (non-hydrogen) atoms. The predicted octanol–water partition coefficient (Wildman–Crippen LogP) is 1.37. The van der Waals surface area contributed by atoms with Gasteiger partial charge < -0.3 is 25.2 Å². The minimum absolute atomic E-state index is 0.158. The summed E-state index contributed by atoms with van der Waals surface area (Å²) in [7, 11) is 1.54. The fourth-order valence-corrected chi connectivity index (χ4v) is 2.45. The van der Waals surface area contributed by atoms with Crippen molar-refractivity contribution >= 4 is 23.3 Å². The van der Waals surface area contributed by atoms with Gasteiger partial charge in [0.1, 0.15) is 12.4 Å². The molecule has 0 spiro atoms. The number of ether oxygens (including phenoxy) is 2. The van der Waals surface area contributed by atoms with Crippen molar-refractivity contribution in [2.24, 2.45) is 0 Å². The second kappa shape index (κ2) is 7.24. The number of benzene rings is 1. The molecule has 0 bridgehead atoms. The SMILES string of the molecule is COCCOC(=O)C1=C(C)NC(=S)N[C@@H]1c1ccc(O)cc1. The molecule has 1 atom stereocenters. The Balaban J connectivity index is 2.28. The summed E-state index contributed by atoms with van der Waals surface area (Å²) in [5.41, 5.74) is 1.90. The second-order valence-corrected chi connectivity index (χ2v) is 5.20. The first-order valence-electron chi connectivity index (χ1n) is 6.76. The lowest BCUT2D eigenvalue weighted by Gasteiger charge is -2.29. The summed E-state index contributed by atoms with van der Waals surface area (Å²) in [5.74, 6) is -0.277. The van der Waals surface area contributed by atoms with Gasteiger partial charge in [0.25, 0.3) is 0 Å². The van der Waals surface area contributed by atoms with Crippen LogP contribution in [0.1, 0.15) is 18.5 Å². The highest BCUT2D eigenvalue weighted by molar-refractivity contribution is 7.80. The molecule has 3 N–H and O–H groups in total. The largest absolute Gasteiger partial charge is 0.508 e. The van der Waals surface area contributed by atoms with Gasteiger partial charge in [-0.3, -0.25) is 0 Å². The number of hydrogen-bond acceptors (Lipinski definition) is 5. The summed E-state index contributed by atoms with van der Waals surface area (Å²) >= 11 is 5.15. The van der Waals surface area contributed by atoms with Gasteiger partial charge in [-0.2, -0.15) is 0 Å². The van der Waals surface area contributed by atoms with E-state index in [1.165, 1.54) is 0 Å². The molecule has 0 aliphatic carbocycles. The maximum atomic E-state index is 12.3. The Bertz CT molecular complexity index is 598. The number of aromatic hydroxyl groups is 1. The minimum atomic E-state index is -0.435. The number of hydrogen-bond donors (Lipinski definition) is 3. The third-order valence-corrected chi connectivity index (χ3v) is 3.46. The van der Waals surface area contributed by atoms with Gasteiger partial charge in [-0.25, -0.2) is 4.79 Å².